The van der Waals surface area contributed by atoms with E-state index in [0.717, 1.165) is 0 Å². The summed E-state index contributed by atoms with van der Waals surface area (Å²) in [6, 6.07) is 0. The van der Waals surface area contributed by atoms with Crippen molar-refractivity contribution in [2.45, 2.75) is 12.8 Å². The molecule has 0 amide bonds. The Morgan fingerprint density at radius 1 is 1.46 bits per heavy atom. The summed E-state index contributed by atoms with van der Waals surface area (Å²) < 4.78 is 52.2. The molecule has 0 aromatic carbocycles. The van der Waals surface area contributed by atoms with Gasteiger partial charge in [0, 0.05) is 0 Å². The molecule has 0 saturated carbocycles. The van der Waals surface area contributed by atoms with Gasteiger partial charge in [0.15, 0.2) is 0 Å². The molecule has 0 aromatic heterocycles. The highest BCUT2D eigenvalue weighted by atomic mass is 31.2. The maximum absolute atomic E-state index is 11.9. The minimum Gasteiger partial charge on any atom is -0.411 e. The summed E-state index contributed by atoms with van der Waals surface area (Å²) in [4.78, 5) is 11.7. The van der Waals surface area contributed by atoms with Crippen LogP contribution in [0.5, 0.6) is 0 Å². The lowest BCUT2D eigenvalue weighted by atomic mass is 10.7. The average molecular weight is 222 g/mol. The Morgan fingerprint density at radius 3 is 2.38 bits per heavy atom. The van der Waals surface area contributed by atoms with Crippen molar-refractivity contribution in [3.05, 3.63) is 12.8 Å². The Morgan fingerprint density at radius 2 is 2.00 bits per heavy atom. The maximum atomic E-state index is 11.9. The lowest BCUT2D eigenvalue weighted by molar-refractivity contribution is -0.319. The molecular formula is C4H6F3O5P. The Labute approximate surface area is 71.3 Å². The molecule has 2 atom stereocenters. The molecule has 0 rings (SSSR count). The number of hydrogen-bond donors (Lipinski definition) is 1. The van der Waals surface area contributed by atoms with Crippen LogP contribution in [0.2, 0.25) is 0 Å². The van der Waals surface area contributed by atoms with Gasteiger partial charge in [0.2, 0.25) is 0 Å². The molecule has 0 aliphatic rings. The van der Waals surface area contributed by atoms with Crippen molar-refractivity contribution < 1.29 is 36.7 Å². The second-order valence-electron chi connectivity index (χ2n) is 1.60. The number of hydrogen-bond acceptors (Lipinski definition) is 4. The summed E-state index contributed by atoms with van der Waals surface area (Å²) in [5, 5.41) is 0. The van der Waals surface area contributed by atoms with Crippen LogP contribution in [0.15, 0.2) is 12.8 Å². The van der Waals surface area contributed by atoms with Crippen molar-refractivity contribution in [2.75, 3.05) is 0 Å². The number of rotatable bonds is 6. The van der Waals surface area contributed by atoms with Crippen LogP contribution in [0.3, 0.4) is 0 Å². The standard InChI is InChI=1S/C4H6F3O5P/c1-2-10-13(8,9)12-11-4(7)3(5)6/h2-4H,1H2,(H,8,9). The van der Waals surface area contributed by atoms with E-state index in [1.807, 2.05) is 0 Å². The largest absolute Gasteiger partial charge is 0.554 e. The monoisotopic (exact) mass is 222 g/mol. The minimum atomic E-state index is -4.70. The summed E-state index contributed by atoms with van der Waals surface area (Å²) in [6.45, 7) is 2.88. The van der Waals surface area contributed by atoms with Gasteiger partial charge in [0.25, 0.3) is 12.8 Å². The van der Waals surface area contributed by atoms with Crippen molar-refractivity contribution in [1.82, 2.24) is 0 Å². The maximum Gasteiger partial charge on any atom is 0.554 e. The van der Waals surface area contributed by atoms with Gasteiger partial charge in [-0.2, -0.15) is 4.89 Å². The fourth-order valence-electron chi connectivity index (χ4n) is 0.249. The van der Waals surface area contributed by atoms with Gasteiger partial charge in [-0.15, -0.1) is 4.67 Å². The highest BCUT2D eigenvalue weighted by Gasteiger charge is 2.28. The van der Waals surface area contributed by atoms with E-state index >= 15 is 0 Å². The van der Waals surface area contributed by atoms with Crippen molar-refractivity contribution in [3.63, 3.8) is 0 Å². The lowest BCUT2D eigenvalue weighted by Crippen LogP contribution is -2.15. The lowest BCUT2D eigenvalue weighted by Gasteiger charge is -2.10. The molecule has 5 nitrogen and oxygen atoms in total. The number of alkyl halides is 3. The predicted molar refractivity (Wildman–Crippen MR) is 34.2 cm³/mol. The van der Waals surface area contributed by atoms with E-state index in [0.29, 0.717) is 6.26 Å². The summed E-state index contributed by atoms with van der Waals surface area (Å²) in [6.07, 6.45) is -6.09. The van der Waals surface area contributed by atoms with Crippen molar-refractivity contribution in [1.29, 1.82) is 0 Å². The molecule has 78 valence electrons. The Balaban J connectivity index is 3.87. The van der Waals surface area contributed by atoms with Gasteiger partial charge in [0.05, 0.1) is 6.26 Å². The second kappa shape index (κ2) is 5.23. The molecule has 0 fully saturated rings. The molecule has 0 heterocycles. The molecule has 9 heteroatoms. The zero-order valence-corrected chi connectivity index (χ0v) is 6.99. The Bertz CT molecular complexity index is 210. The van der Waals surface area contributed by atoms with Gasteiger partial charge in [-0.1, -0.05) is 6.58 Å². The first-order chi connectivity index (χ1) is 5.89. The van der Waals surface area contributed by atoms with E-state index in [9.17, 15) is 17.7 Å². The second-order valence-corrected chi connectivity index (χ2v) is 2.89. The van der Waals surface area contributed by atoms with Gasteiger partial charge in [-0.05, 0) is 0 Å². The smallest absolute Gasteiger partial charge is 0.411 e. The molecule has 1 N–H and O–H groups in total. The third-order valence-corrected chi connectivity index (χ3v) is 1.32. The molecule has 2 unspecified atom stereocenters. The van der Waals surface area contributed by atoms with Gasteiger partial charge in [-0.25, -0.2) is 17.7 Å². The normalized spacial score (nSPS) is 17.9. The molecule has 0 aliphatic heterocycles. The molecule has 0 aromatic rings. The predicted octanol–water partition coefficient (Wildman–Crippen LogP) is 1.76. The number of phosphoric ester groups is 1. The minimum absolute atomic E-state index is 0.514. The van der Waals surface area contributed by atoms with Crippen LogP contribution in [-0.4, -0.2) is 17.7 Å². The van der Waals surface area contributed by atoms with Crippen LogP contribution in [0.1, 0.15) is 0 Å². The van der Waals surface area contributed by atoms with Gasteiger partial charge >= 0.3 is 7.82 Å². The van der Waals surface area contributed by atoms with Gasteiger partial charge in [0.1, 0.15) is 0 Å². The van der Waals surface area contributed by atoms with Crippen LogP contribution in [-0.2, 0) is 18.7 Å². The summed E-state index contributed by atoms with van der Waals surface area (Å²) >= 11 is 0. The van der Waals surface area contributed by atoms with E-state index < -0.39 is 20.6 Å². The van der Waals surface area contributed by atoms with Crippen LogP contribution in [0, 0.1) is 0 Å². The number of halogens is 3. The molecule has 0 bridgehead atoms. The topological polar surface area (TPSA) is 65.0 Å². The zero-order chi connectivity index (χ0) is 10.5. The summed E-state index contributed by atoms with van der Waals surface area (Å²) in [5.74, 6) is 0. The third-order valence-electron chi connectivity index (χ3n) is 0.635. The molecule has 0 radical (unpaired) electrons. The van der Waals surface area contributed by atoms with Gasteiger partial charge < -0.3 is 4.52 Å². The fourth-order valence-corrected chi connectivity index (χ4v) is 0.664. The quantitative estimate of drug-likeness (QED) is 0.321. The molecule has 0 aliphatic carbocycles. The van der Waals surface area contributed by atoms with Crippen LogP contribution < -0.4 is 0 Å². The zero-order valence-electron chi connectivity index (χ0n) is 6.10. The average Bonchev–Trinajstić information content (AvgIpc) is 2.00. The first-order valence-electron chi connectivity index (χ1n) is 2.78. The van der Waals surface area contributed by atoms with E-state index in [2.05, 4.69) is 20.7 Å². The third kappa shape index (κ3) is 5.64. The summed E-state index contributed by atoms with van der Waals surface area (Å²) in [7, 11) is -4.70. The van der Waals surface area contributed by atoms with Crippen LogP contribution in [0.4, 0.5) is 13.2 Å². The highest BCUT2D eigenvalue weighted by Crippen LogP contribution is 2.44. The molecule has 0 saturated heterocycles. The molecule has 0 spiro atoms. The van der Waals surface area contributed by atoms with E-state index in [-0.39, 0.29) is 0 Å². The fraction of sp³-hybridized carbons (Fsp3) is 0.500. The first kappa shape index (κ1) is 12.4. The van der Waals surface area contributed by atoms with Crippen molar-refractivity contribution in [3.8, 4) is 0 Å². The van der Waals surface area contributed by atoms with E-state index in [1.165, 1.54) is 0 Å². The highest BCUT2D eigenvalue weighted by molar-refractivity contribution is 7.47. The number of phosphoric acid groups is 1. The van der Waals surface area contributed by atoms with Crippen molar-refractivity contribution >= 4 is 7.82 Å². The van der Waals surface area contributed by atoms with Gasteiger partial charge in [-0.3, -0.25) is 4.89 Å². The van der Waals surface area contributed by atoms with Crippen LogP contribution >= 0.6 is 7.82 Å². The Kier molecular flexibility index (Phi) is 5.01. The molecular weight excluding hydrogens is 216 g/mol. The van der Waals surface area contributed by atoms with Crippen LogP contribution in [0.25, 0.3) is 0 Å². The Hall–Kier alpha value is -0.560. The van der Waals surface area contributed by atoms with E-state index in [4.69, 9.17) is 4.89 Å². The molecule has 13 heavy (non-hydrogen) atoms. The SMILES string of the molecule is C=COP(=O)(O)OOC(F)C(F)F. The van der Waals surface area contributed by atoms with Crippen molar-refractivity contribution in [2.24, 2.45) is 0 Å². The first-order valence-corrected chi connectivity index (χ1v) is 4.28. The summed E-state index contributed by atoms with van der Waals surface area (Å²) in [5.41, 5.74) is 0. The van der Waals surface area contributed by atoms with E-state index in [1.54, 1.807) is 0 Å².